The summed E-state index contributed by atoms with van der Waals surface area (Å²) in [5.41, 5.74) is 2.88. The fraction of sp³-hybridized carbons (Fsp3) is 0.500. The highest BCUT2D eigenvalue weighted by Gasteiger charge is 2.64. The number of likely N-dealkylation sites (tertiary alicyclic amines) is 1. The molecule has 150 valence electrons. The number of carbonyl (C=O) groups excluding carboxylic acids is 2. The average Bonchev–Trinajstić information content (AvgIpc) is 2.86. The lowest BCUT2D eigenvalue weighted by atomic mass is 9.62. The summed E-state index contributed by atoms with van der Waals surface area (Å²) < 4.78 is 5.52. The molecule has 2 fully saturated rings. The van der Waals surface area contributed by atoms with E-state index in [9.17, 15) is 9.59 Å². The van der Waals surface area contributed by atoms with Crippen molar-refractivity contribution in [2.45, 2.75) is 33.6 Å². The fourth-order valence-electron chi connectivity index (χ4n) is 4.03. The van der Waals surface area contributed by atoms with Crippen LogP contribution in [-0.4, -0.2) is 40.2 Å². The Hall–Kier alpha value is -1.93. The van der Waals surface area contributed by atoms with Crippen molar-refractivity contribution in [1.29, 1.82) is 0 Å². The zero-order valence-corrected chi connectivity index (χ0v) is 18.2. The molecule has 1 aliphatic carbocycles. The molecule has 1 saturated carbocycles. The molecule has 28 heavy (non-hydrogen) atoms. The van der Waals surface area contributed by atoms with E-state index in [4.69, 9.17) is 17.0 Å². The maximum atomic E-state index is 13.0. The van der Waals surface area contributed by atoms with E-state index in [2.05, 4.69) is 10.5 Å². The van der Waals surface area contributed by atoms with E-state index < -0.39 is 5.41 Å². The minimum absolute atomic E-state index is 0.0815. The molecule has 0 radical (unpaired) electrons. The molecular formula is C20H25N3O3S2. The number of amides is 2. The summed E-state index contributed by atoms with van der Waals surface area (Å²) in [4.78, 5) is 27.2. The predicted molar refractivity (Wildman–Crippen MR) is 115 cm³/mol. The highest BCUT2D eigenvalue weighted by molar-refractivity contribution is 8.22. The first kappa shape index (κ1) is 20.8. The van der Waals surface area contributed by atoms with Gasteiger partial charge >= 0.3 is 0 Å². The third kappa shape index (κ3) is 3.55. The third-order valence-corrected chi connectivity index (χ3v) is 7.50. The molecule has 2 amide bonds. The number of ether oxygens (including phenoxy) is 1. The molecule has 1 saturated heterocycles. The van der Waals surface area contributed by atoms with Crippen LogP contribution in [0.5, 0.6) is 5.75 Å². The van der Waals surface area contributed by atoms with E-state index in [0.29, 0.717) is 4.32 Å². The maximum absolute atomic E-state index is 13.0. The van der Waals surface area contributed by atoms with E-state index in [1.54, 1.807) is 13.3 Å². The van der Waals surface area contributed by atoms with E-state index in [1.165, 1.54) is 16.7 Å². The monoisotopic (exact) mass is 419 g/mol. The number of nitrogens with one attached hydrogen (secondary N) is 1. The predicted octanol–water partition coefficient (Wildman–Crippen LogP) is 3.41. The van der Waals surface area contributed by atoms with Crippen LogP contribution in [0.2, 0.25) is 0 Å². The van der Waals surface area contributed by atoms with Crippen LogP contribution < -0.4 is 10.2 Å². The number of fused-ring (bicyclic) bond motifs is 2. The molecule has 1 aliphatic heterocycles. The van der Waals surface area contributed by atoms with Gasteiger partial charge in [0, 0.05) is 5.92 Å². The van der Waals surface area contributed by atoms with Gasteiger partial charge in [-0.3, -0.25) is 19.9 Å². The molecule has 3 rings (SSSR count). The Kier molecular flexibility index (Phi) is 5.82. The lowest BCUT2D eigenvalue weighted by Crippen LogP contribution is -2.58. The number of hydrogen-bond acceptors (Lipinski definition) is 6. The summed E-state index contributed by atoms with van der Waals surface area (Å²) in [7, 11) is 1.62. The number of rotatable bonds is 5. The highest BCUT2D eigenvalue weighted by atomic mass is 32.2. The normalized spacial score (nSPS) is 26.0. The molecule has 0 unspecified atom stereocenters. The number of thioether (sulfide) groups is 1. The first-order valence-corrected chi connectivity index (χ1v) is 10.6. The van der Waals surface area contributed by atoms with E-state index in [-0.39, 0.29) is 29.0 Å². The fourth-order valence-corrected chi connectivity index (χ4v) is 4.85. The summed E-state index contributed by atoms with van der Waals surface area (Å²) in [5, 5.41) is 4.11. The number of carbonyl (C=O) groups is 2. The Labute approximate surface area is 175 Å². The average molecular weight is 420 g/mol. The molecule has 8 heteroatoms. The minimum Gasteiger partial charge on any atom is -0.497 e. The van der Waals surface area contributed by atoms with Gasteiger partial charge in [0.2, 0.25) is 11.8 Å². The van der Waals surface area contributed by atoms with Crippen LogP contribution in [0.25, 0.3) is 0 Å². The van der Waals surface area contributed by atoms with Gasteiger partial charge in [-0.1, -0.05) is 44.8 Å². The van der Waals surface area contributed by atoms with Crippen molar-refractivity contribution in [2.75, 3.05) is 13.0 Å². The van der Waals surface area contributed by atoms with Crippen LogP contribution >= 0.6 is 24.0 Å². The number of benzene rings is 1. The van der Waals surface area contributed by atoms with Crippen molar-refractivity contribution in [2.24, 2.45) is 21.8 Å². The number of hydrogen-bond donors (Lipinski definition) is 1. The van der Waals surface area contributed by atoms with E-state index >= 15 is 0 Å². The second kappa shape index (κ2) is 7.83. The zero-order valence-electron chi connectivity index (χ0n) is 16.5. The molecule has 2 aliphatic rings. The van der Waals surface area contributed by atoms with Gasteiger partial charge in [-0.15, -0.1) is 0 Å². The summed E-state index contributed by atoms with van der Waals surface area (Å²) >= 11 is 6.50. The number of piperidine rings is 1. The highest BCUT2D eigenvalue weighted by Crippen LogP contribution is 2.60. The van der Waals surface area contributed by atoms with E-state index in [1.807, 2.05) is 45.0 Å². The van der Waals surface area contributed by atoms with Crippen molar-refractivity contribution in [3.05, 3.63) is 29.8 Å². The molecule has 1 heterocycles. The van der Waals surface area contributed by atoms with Gasteiger partial charge in [-0.25, -0.2) is 0 Å². The topological polar surface area (TPSA) is 71.0 Å². The summed E-state index contributed by atoms with van der Waals surface area (Å²) in [5.74, 6) is 0.711. The van der Waals surface area contributed by atoms with Crippen LogP contribution in [0.4, 0.5) is 0 Å². The molecule has 2 bridgehead atoms. The molecule has 0 spiro atoms. The summed E-state index contributed by atoms with van der Waals surface area (Å²) in [6.07, 6.45) is 3.17. The van der Waals surface area contributed by atoms with Crippen molar-refractivity contribution in [3.63, 3.8) is 0 Å². The number of imide groups is 1. The van der Waals surface area contributed by atoms with E-state index in [0.717, 1.165) is 24.2 Å². The van der Waals surface area contributed by atoms with Crippen LogP contribution in [0.3, 0.4) is 0 Å². The largest absolute Gasteiger partial charge is 0.497 e. The zero-order chi connectivity index (χ0) is 20.5. The first-order valence-electron chi connectivity index (χ1n) is 9.16. The minimum atomic E-state index is -0.492. The van der Waals surface area contributed by atoms with Gasteiger partial charge in [-0.05, 0) is 48.1 Å². The second-order valence-corrected chi connectivity index (χ2v) is 9.54. The van der Waals surface area contributed by atoms with Gasteiger partial charge in [-0.2, -0.15) is 5.10 Å². The number of nitrogens with zero attached hydrogens (tertiary/aromatic N) is 2. The van der Waals surface area contributed by atoms with Crippen molar-refractivity contribution in [1.82, 2.24) is 10.3 Å². The molecule has 1 N–H and O–H groups in total. The van der Waals surface area contributed by atoms with Gasteiger partial charge in [0.1, 0.15) is 5.75 Å². The van der Waals surface area contributed by atoms with Gasteiger partial charge in [0.15, 0.2) is 4.32 Å². The molecule has 2 atom stereocenters. The Morgan fingerprint density at radius 2 is 2.04 bits per heavy atom. The SMILES string of the molecule is COc1ccc(C=NNC(=S)SCN2C(=O)[C@@H]3CC[C@](C)(C2=O)C3(C)C)cc1. The Morgan fingerprint density at radius 3 is 2.68 bits per heavy atom. The Balaban J connectivity index is 1.55. The van der Waals surface area contributed by atoms with Crippen molar-refractivity contribution < 1.29 is 14.3 Å². The number of hydrazone groups is 1. The summed E-state index contributed by atoms with van der Waals surface area (Å²) in [6.45, 7) is 6.05. The smallest absolute Gasteiger partial charge is 0.236 e. The Bertz CT molecular complexity index is 822. The Morgan fingerprint density at radius 1 is 1.36 bits per heavy atom. The van der Waals surface area contributed by atoms with Gasteiger partial charge < -0.3 is 4.74 Å². The molecule has 1 aromatic carbocycles. The number of methoxy groups -OCH3 is 1. The molecule has 0 aromatic heterocycles. The second-order valence-electron chi connectivity index (χ2n) is 7.92. The lowest BCUT2D eigenvalue weighted by Gasteiger charge is -2.47. The van der Waals surface area contributed by atoms with Crippen LogP contribution in [-0.2, 0) is 9.59 Å². The lowest BCUT2D eigenvalue weighted by molar-refractivity contribution is -0.166. The van der Waals surface area contributed by atoms with Crippen molar-refractivity contribution >= 4 is 46.3 Å². The summed E-state index contributed by atoms with van der Waals surface area (Å²) in [6, 6.07) is 7.45. The van der Waals surface area contributed by atoms with Gasteiger partial charge in [0.25, 0.3) is 0 Å². The van der Waals surface area contributed by atoms with Gasteiger partial charge in [0.05, 0.1) is 24.6 Å². The van der Waals surface area contributed by atoms with Crippen LogP contribution in [0.1, 0.15) is 39.2 Å². The van der Waals surface area contributed by atoms with Crippen LogP contribution in [0, 0.1) is 16.7 Å². The molecular weight excluding hydrogens is 394 g/mol. The number of thiocarbonyl (C=S) groups is 1. The quantitative estimate of drug-likeness (QED) is 0.341. The maximum Gasteiger partial charge on any atom is 0.236 e. The van der Waals surface area contributed by atoms with Crippen molar-refractivity contribution in [3.8, 4) is 5.75 Å². The molecule has 6 nitrogen and oxygen atoms in total. The molecule has 1 aromatic rings. The standard InChI is InChI=1S/C20H25N3O3S2/c1-19(2)15-9-10-20(19,3)17(25)23(16(15)24)12-28-18(27)22-21-11-13-5-7-14(26-4)8-6-13/h5-8,11,15H,9-10,12H2,1-4H3,(H,22,27)/t15-,20+/m0/s1. The first-order chi connectivity index (χ1) is 13.2. The van der Waals surface area contributed by atoms with Crippen LogP contribution in [0.15, 0.2) is 29.4 Å². The third-order valence-electron chi connectivity index (χ3n) is 6.32.